The van der Waals surface area contributed by atoms with E-state index in [-0.39, 0.29) is 5.78 Å². The lowest BCUT2D eigenvalue weighted by Crippen LogP contribution is -2.22. The first-order valence-corrected chi connectivity index (χ1v) is 5.29. The van der Waals surface area contributed by atoms with E-state index in [1.807, 2.05) is 0 Å². The number of aliphatic hydroxyl groups is 1. The first kappa shape index (κ1) is 12.6. The number of hydrogen-bond donors (Lipinski definition) is 1. The van der Waals surface area contributed by atoms with Crippen LogP contribution >= 0.6 is 0 Å². The highest BCUT2D eigenvalue weighted by Gasteiger charge is 2.17. The smallest absolute Gasteiger partial charge is 0.132 e. The molecule has 0 amide bonds. The maximum atomic E-state index is 10.8. The van der Waals surface area contributed by atoms with Crippen molar-refractivity contribution in [1.29, 1.82) is 0 Å². The van der Waals surface area contributed by atoms with Crippen LogP contribution in [0.15, 0.2) is 0 Å². The van der Waals surface area contributed by atoms with Gasteiger partial charge in [-0.2, -0.15) is 0 Å². The summed E-state index contributed by atoms with van der Waals surface area (Å²) in [5, 5.41) is 9.69. The molecule has 2 nitrogen and oxygen atoms in total. The number of unbranched alkanes of at least 4 members (excludes halogenated alkanes) is 1. The second-order valence-corrected chi connectivity index (χ2v) is 3.78. The van der Waals surface area contributed by atoms with Crippen LogP contribution in [0.1, 0.15) is 52.9 Å². The number of rotatable bonds is 7. The Labute approximate surface area is 81.3 Å². The number of hydrogen-bond acceptors (Lipinski definition) is 2. The maximum Gasteiger partial charge on any atom is 0.132 e. The van der Waals surface area contributed by atoms with Gasteiger partial charge in [-0.3, -0.25) is 4.79 Å². The minimum absolute atomic E-state index is 0.0856. The molecule has 78 valence electrons. The first-order chi connectivity index (χ1) is 6.11. The van der Waals surface area contributed by atoms with Crippen LogP contribution in [0.5, 0.6) is 0 Å². The minimum Gasteiger partial charge on any atom is -0.392 e. The van der Waals surface area contributed by atoms with Crippen LogP contribution in [-0.4, -0.2) is 17.0 Å². The van der Waals surface area contributed by atoms with E-state index >= 15 is 0 Å². The first-order valence-electron chi connectivity index (χ1n) is 5.29. The van der Waals surface area contributed by atoms with Gasteiger partial charge in [0.05, 0.1) is 6.10 Å². The highest BCUT2D eigenvalue weighted by molar-refractivity contribution is 5.75. The van der Waals surface area contributed by atoms with Crippen LogP contribution in [0, 0.1) is 5.92 Å². The Kier molecular flexibility index (Phi) is 6.87. The summed E-state index contributed by atoms with van der Waals surface area (Å²) in [5.41, 5.74) is 0. The maximum absolute atomic E-state index is 10.8. The summed E-state index contributed by atoms with van der Waals surface area (Å²) in [5.74, 6) is 0.395. The van der Waals surface area contributed by atoms with E-state index < -0.39 is 6.10 Å². The summed E-state index contributed by atoms with van der Waals surface area (Å²) >= 11 is 0. The van der Waals surface area contributed by atoms with Crippen molar-refractivity contribution in [3.63, 3.8) is 0 Å². The SMILES string of the molecule is CCCC[C@@H](CC)[C@@H](O)CC(C)=O. The van der Waals surface area contributed by atoms with Crippen molar-refractivity contribution in [2.24, 2.45) is 5.92 Å². The molecule has 0 unspecified atom stereocenters. The van der Waals surface area contributed by atoms with Crippen molar-refractivity contribution in [3.05, 3.63) is 0 Å². The predicted octanol–water partition coefficient (Wildman–Crippen LogP) is 2.54. The van der Waals surface area contributed by atoms with Crippen molar-refractivity contribution in [2.45, 2.75) is 59.0 Å². The zero-order chi connectivity index (χ0) is 10.3. The standard InChI is InChI=1S/C11H22O2/c1-4-6-7-10(5-2)11(13)8-9(3)12/h10-11,13H,4-8H2,1-3H3/t10-,11+/m1/s1. The molecule has 0 aliphatic carbocycles. The zero-order valence-electron chi connectivity index (χ0n) is 9.05. The Hall–Kier alpha value is -0.370. The Morgan fingerprint density at radius 1 is 1.38 bits per heavy atom. The Balaban J connectivity index is 3.83. The molecule has 13 heavy (non-hydrogen) atoms. The predicted molar refractivity (Wildman–Crippen MR) is 54.6 cm³/mol. The van der Waals surface area contributed by atoms with E-state index in [9.17, 15) is 9.90 Å². The minimum atomic E-state index is -0.422. The molecule has 1 N–H and O–H groups in total. The molecule has 0 heterocycles. The number of Topliss-reactive ketones (excluding diaryl/α,β-unsaturated/α-hetero) is 1. The van der Waals surface area contributed by atoms with Crippen LogP contribution in [0.25, 0.3) is 0 Å². The molecule has 0 bridgehead atoms. The van der Waals surface area contributed by atoms with Crippen molar-refractivity contribution >= 4 is 5.78 Å². The van der Waals surface area contributed by atoms with E-state index in [1.165, 1.54) is 6.92 Å². The van der Waals surface area contributed by atoms with Gasteiger partial charge < -0.3 is 5.11 Å². The highest BCUT2D eigenvalue weighted by atomic mass is 16.3. The van der Waals surface area contributed by atoms with E-state index in [4.69, 9.17) is 0 Å². The van der Waals surface area contributed by atoms with Gasteiger partial charge in [-0.1, -0.05) is 33.1 Å². The second-order valence-electron chi connectivity index (χ2n) is 3.78. The highest BCUT2D eigenvalue weighted by Crippen LogP contribution is 2.19. The average molecular weight is 186 g/mol. The van der Waals surface area contributed by atoms with E-state index in [0.717, 1.165) is 25.7 Å². The molecule has 0 aromatic carbocycles. The van der Waals surface area contributed by atoms with Crippen LogP contribution in [0.4, 0.5) is 0 Å². The topological polar surface area (TPSA) is 37.3 Å². The molecule has 0 radical (unpaired) electrons. The molecule has 0 aromatic heterocycles. The van der Waals surface area contributed by atoms with Gasteiger partial charge in [0.25, 0.3) is 0 Å². The lowest BCUT2D eigenvalue weighted by molar-refractivity contribution is -0.119. The number of carbonyl (C=O) groups is 1. The third kappa shape index (κ3) is 5.81. The third-order valence-electron chi connectivity index (χ3n) is 2.49. The van der Waals surface area contributed by atoms with Crippen molar-refractivity contribution in [3.8, 4) is 0 Å². The summed E-state index contributed by atoms with van der Waals surface area (Å²) in [6.45, 7) is 5.75. The Bertz CT molecular complexity index is 143. The fourth-order valence-corrected chi connectivity index (χ4v) is 1.60. The summed E-state index contributed by atoms with van der Waals surface area (Å²) in [6.07, 6.45) is 4.21. The van der Waals surface area contributed by atoms with E-state index in [1.54, 1.807) is 0 Å². The fourth-order valence-electron chi connectivity index (χ4n) is 1.60. The van der Waals surface area contributed by atoms with Crippen molar-refractivity contribution in [1.82, 2.24) is 0 Å². The van der Waals surface area contributed by atoms with Gasteiger partial charge >= 0.3 is 0 Å². The number of carbonyl (C=O) groups excluding carboxylic acids is 1. The van der Waals surface area contributed by atoms with Crippen LogP contribution < -0.4 is 0 Å². The zero-order valence-corrected chi connectivity index (χ0v) is 9.05. The molecular formula is C11H22O2. The van der Waals surface area contributed by atoms with Gasteiger partial charge in [-0.25, -0.2) is 0 Å². The third-order valence-corrected chi connectivity index (χ3v) is 2.49. The van der Waals surface area contributed by atoms with Crippen LogP contribution in [-0.2, 0) is 4.79 Å². The monoisotopic (exact) mass is 186 g/mol. The molecular weight excluding hydrogens is 164 g/mol. The molecule has 0 spiro atoms. The summed E-state index contributed by atoms with van der Waals surface area (Å²) in [7, 11) is 0. The van der Waals surface area contributed by atoms with Gasteiger partial charge in [-0.15, -0.1) is 0 Å². The molecule has 0 rings (SSSR count). The van der Waals surface area contributed by atoms with Crippen molar-refractivity contribution < 1.29 is 9.90 Å². The second kappa shape index (κ2) is 7.07. The molecule has 2 heteroatoms. The summed E-state index contributed by atoms with van der Waals surface area (Å²) in [4.78, 5) is 10.8. The Morgan fingerprint density at radius 3 is 2.38 bits per heavy atom. The lowest BCUT2D eigenvalue weighted by atomic mass is 9.91. The van der Waals surface area contributed by atoms with Gasteiger partial charge in [-0.05, 0) is 19.3 Å². The Morgan fingerprint density at radius 2 is 2.00 bits per heavy atom. The van der Waals surface area contributed by atoms with Crippen LogP contribution in [0.2, 0.25) is 0 Å². The normalized spacial score (nSPS) is 15.4. The fraction of sp³-hybridized carbons (Fsp3) is 0.909. The van der Waals surface area contributed by atoms with Gasteiger partial charge in [0.2, 0.25) is 0 Å². The molecule has 0 saturated heterocycles. The average Bonchev–Trinajstić information content (AvgIpc) is 2.04. The van der Waals surface area contributed by atoms with Gasteiger partial charge in [0, 0.05) is 6.42 Å². The molecule has 0 aromatic rings. The van der Waals surface area contributed by atoms with E-state index in [2.05, 4.69) is 13.8 Å². The molecule has 2 atom stereocenters. The summed E-state index contributed by atoms with van der Waals surface area (Å²) < 4.78 is 0. The lowest BCUT2D eigenvalue weighted by Gasteiger charge is -2.20. The van der Waals surface area contributed by atoms with E-state index in [0.29, 0.717) is 12.3 Å². The molecule has 0 aliphatic heterocycles. The molecule has 0 aliphatic rings. The number of aliphatic hydroxyl groups excluding tert-OH is 1. The quantitative estimate of drug-likeness (QED) is 0.663. The van der Waals surface area contributed by atoms with Gasteiger partial charge in [0.15, 0.2) is 0 Å². The van der Waals surface area contributed by atoms with Gasteiger partial charge in [0.1, 0.15) is 5.78 Å². The van der Waals surface area contributed by atoms with Crippen molar-refractivity contribution in [2.75, 3.05) is 0 Å². The molecule has 0 saturated carbocycles. The molecule has 0 fully saturated rings. The largest absolute Gasteiger partial charge is 0.392 e. The number of ketones is 1. The van der Waals surface area contributed by atoms with Crippen LogP contribution in [0.3, 0.4) is 0 Å². The summed E-state index contributed by atoms with van der Waals surface area (Å²) in [6, 6.07) is 0.